The SMILES string of the molecule is CCNC(=NCCOCCS(C)(=O)=O)NC(C)c1ccccc1. The molecule has 1 rings (SSSR count). The van der Waals surface area contributed by atoms with Crippen molar-refractivity contribution in [2.45, 2.75) is 19.9 Å². The Kier molecular flexibility index (Phi) is 8.65. The minimum atomic E-state index is -2.97. The van der Waals surface area contributed by atoms with Crippen LogP contribution in [-0.4, -0.2) is 52.7 Å². The molecule has 130 valence electrons. The Morgan fingerprint density at radius 3 is 2.57 bits per heavy atom. The molecule has 1 unspecified atom stereocenters. The van der Waals surface area contributed by atoms with Gasteiger partial charge >= 0.3 is 0 Å². The van der Waals surface area contributed by atoms with Crippen molar-refractivity contribution in [3.05, 3.63) is 35.9 Å². The molecule has 0 amide bonds. The maximum atomic E-state index is 11.0. The molecule has 0 radical (unpaired) electrons. The number of nitrogens with zero attached hydrogens (tertiary/aromatic N) is 1. The number of hydrogen-bond acceptors (Lipinski definition) is 4. The second-order valence-corrected chi connectivity index (χ2v) is 7.54. The summed E-state index contributed by atoms with van der Waals surface area (Å²) in [6.45, 7) is 5.92. The predicted molar refractivity (Wildman–Crippen MR) is 94.5 cm³/mol. The summed E-state index contributed by atoms with van der Waals surface area (Å²) in [6.07, 6.45) is 1.20. The molecule has 0 saturated heterocycles. The van der Waals surface area contributed by atoms with Crippen LogP contribution >= 0.6 is 0 Å². The third-order valence-electron chi connectivity index (χ3n) is 3.10. The second-order valence-electron chi connectivity index (χ2n) is 5.28. The minimum absolute atomic E-state index is 0.0417. The molecule has 0 fully saturated rings. The fourth-order valence-electron chi connectivity index (χ4n) is 1.88. The quantitative estimate of drug-likeness (QED) is 0.403. The molecule has 0 heterocycles. The summed E-state index contributed by atoms with van der Waals surface area (Å²) in [7, 11) is -2.97. The molecule has 0 aromatic heterocycles. The lowest BCUT2D eigenvalue weighted by molar-refractivity contribution is 0.157. The smallest absolute Gasteiger partial charge is 0.191 e. The van der Waals surface area contributed by atoms with Crippen LogP contribution in [0.5, 0.6) is 0 Å². The highest BCUT2D eigenvalue weighted by Gasteiger charge is 2.07. The molecule has 0 spiro atoms. The molecule has 0 aliphatic heterocycles. The number of hydrogen-bond donors (Lipinski definition) is 2. The fraction of sp³-hybridized carbons (Fsp3) is 0.562. The van der Waals surface area contributed by atoms with E-state index in [1.165, 1.54) is 11.8 Å². The maximum absolute atomic E-state index is 11.0. The zero-order chi connectivity index (χ0) is 17.1. The first kappa shape index (κ1) is 19.4. The Balaban J connectivity index is 2.41. The molecule has 0 bridgehead atoms. The van der Waals surface area contributed by atoms with Gasteiger partial charge in [-0.25, -0.2) is 8.42 Å². The number of guanidine groups is 1. The summed E-state index contributed by atoms with van der Waals surface area (Å²) >= 11 is 0. The summed E-state index contributed by atoms with van der Waals surface area (Å²) in [5.74, 6) is 0.760. The van der Waals surface area contributed by atoms with Gasteiger partial charge in [0.25, 0.3) is 0 Å². The second kappa shape index (κ2) is 10.2. The molecule has 1 aromatic carbocycles. The van der Waals surface area contributed by atoms with Gasteiger partial charge in [-0.2, -0.15) is 0 Å². The van der Waals surface area contributed by atoms with Crippen molar-refractivity contribution in [3.8, 4) is 0 Å². The van der Waals surface area contributed by atoms with Gasteiger partial charge in [-0.05, 0) is 19.4 Å². The van der Waals surface area contributed by atoms with Crippen molar-refractivity contribution in [1.29, 1.82) is 0 Å². The molecule has 1 aromatic rings. The van der Waals surface area contributed by atoms with E-state index < -0.39 is 9.84 Å². The van der Waals surface area contributed by atoms with Gasteiger partial charge < -0.3 is 15.4 Å². The van der Waals surface area contributed by atoms with Crippen LogP contribution in [-0.2, 0) is 14.6 Å². The van der Waals surface area contributed by atoms with E-state index in [0.717, 1.165) is 12.5 Å². The standard InChI is InChI=1S/C16H27N3O3S/c1-4-17-16(18-10-11-22-12-13-23(3,20)21)19-14(2)15-8-6-5-7-9-15/h5-9,14H,4,10-13H2,1-3H3,(H2,17,18,19). The average molecular weight is 341 g/mol. The van der Waals surface area contributed by atoms with Gasteiger partial charge in [0.05, 0.1) is 31.6 Å². The van der Waals surface area contributed by atoms with Crippen LogP contribution in [0, 0.1) is 0 Å². The van der Waals surface area contributed by atoms with E-state index in [0.29, 0.717) is 13.2 Å². The summed E-state index contributed by atoms with van der Waals surface area (Å²) in [5.41, 5.74) is 1.18. The first-order valence-electron chi connectivity index (χ1n) is 7.77. The largest absolute Gasteiger partial charge is 0.378 e. The Labute approximate surface area is 139 Å². The van der Waals surface area contributed by atoms with Gasteiger partial charge in [-0.15, -0.1) is 0 Å². The van der Waals surface area contributed by atoms with E-state index in [1.807, 2.05) is 25.1 Å². The van der Waals surface area contributed by atoms with Gasteiger partial charge in [0.15, 0.2) is 5.96 Å². The van der Waals surface area contributed by atoms with Crippen LogP contribution < -0.4 is 10.6 Å². The summed E-state index contributed by atoms with van der Waals surface area (Å²) < 4.78 is 27.3. The Hall–Kier alpha value is -1.60. The van der Waals surface area contributed by atoms with Crippen LogP contribution in [0.3, 0.4) is 0 Å². The zero-order valence-electron chi connectivity index (χ0n) is 14.1. The zero-order valence-corrected chi connectivity index (χ0v) is 14.9. The van der Waals surface area contributed by atoms with Crippen molar-refractivity contribution in [3.63, 3.8) is 0 Å². The molecule has 7 heteroatoms. The number of rotatable bonds is 9. The molecule has 6 nitrogen and oxygen atoms in total. The van der Waals surface area contributed by atoms with E-state index in [2.05, 4.69) is 34.7 Å². The lowest BCUT2D eigenvalue weighted by atomic mass is 10.1. The lowest BCUT2D eigenvalue weighted by Crippen LogP contribution is -2.39. The van der Waals surface area contributed by atoms with E-state index in [1.54, 1.807) is 0 Å². The summed E-state index contributed by atoms with van der Waals surface area (Å²) in [6, 6.07) is 10.3. The first-order chi connectivity index (χ1) is 10.9. The van der Waals surface area contributed by atoms with Crippen molar-refractivity contribution < 1.29 is 13.2 Å². The van der Waals surface area contributed by atoms with Gasteiger partial charge in [-0.1, -0.05) is 30.3 Å². The minimum Gasteiger partial charge on any atom is -0.378 e. The van der Waals surface area contributed by atoms with E-state index >= 15 is 0 Å². The molecule has 1 atom stereocenters. The van der Waals surface area contributed by atoms with E-state index in [-0.39, 0.29) is 18.4 Å². The highest BCUT2D eigenvalue weighted by molar-refractivity contribution is 7.90. The normalized spacial score (nSPS) is 13.6. The predicted octanol–water partition coefficient (Wildman–Crippen LogP) is 1.36. The first-order valence-corrected chi connectivity index (χ1v) is 9.83. The number of ether oxygens (including phenoxy) is 1. The Morgan fingerprint density at radius 2 is 1.96 bits per heavy atom. The van der Waals surface area contributed by atoms with Crippen LogP contribution in [0.15, 0.2) is 35.3 Å². The van der Waals surface area contributed by atoms with Crippen LogP contribution in [0.1, 0.15) is 25.5 Å². The van der Waals surface area contributed by atoms with Gasteiger partial charge in [0.1, 0.15) is 9.84 Å². The number of nitrogens with one attached hydrogen (secondary N) is 2. The third kappa shape index (κ3) is 9.20. The number of aliphatic imine (C=N–C) groups is 1. The summed E-state index contributed by atoms with van der Waals surface area (Å²) in [4.78, 5) is 4.43. The molecule has 0 aliphatic carbocycles. The van der Waals surface area contributed by atoms with Crippen LogP contribution in [0.2, 0.25) is 0 Å². The molecule has 23 heavy (non-hydrogen) atoms. The van der Waals surface area contributed by atoms with E-state index in [9.17, 15) is 8.42 Å². The van der Waals surface area contributed by atoms with Crippen molar-refractivity contribution >= 4 is 15.8 Å². The van der Waals surface area contributed by atoms with Gasteiger partial charge in [-0.3, -0.25) is 4.99 Å². The van der Waals surface area contributed by atoms with Crippen molar-refractivity contribution in [2.75, 3.05) is 38.3 Å². The van der Waals surface area contributed by atoms with E-state index in [4.69, 9.17) is 4.74 Å². The Bertz CT molecular complexity index is 573. The lowest BCUT2D eigenvalue weighted by Gasteiger charge is -2.18. The molecular formula is C16H27N3O3S. The molecular weight excluding hydrogens is 314 g/mol. The number of sulfone groups is 1. The Morgan fingerprint density at radius 1 is 1.26 bits per heavy atom. The average Bonchev–Trinajstić information content (AvgIpc) is 2.50. The topological polar surface area (TPSA) is 79.8 Å². The fourth-order valence-corrected chi connectivity index (χ4v) is 2.31. The van der Waals surface area contributed by atoms with Gasteiger partial charge in [0, 0.05) is 12.8 Å². The number of benzene rings is 1. The van der Waals surface area contributed by atoms with Crippen LogP contribution in [0.4, 0.5) is 0 Å². The van der Waals surface area contributed by atoms with Crippen LogP contribution in [0.25, 0.3) is 0 Å². The highest BCUT2D eigenvalue weighted by Crippen LogP contribution is 2.10. The highest BCUT2D eigenvalue weighted by atomic mass is 32.2. The molecule has 0 saturated carbocycles. The summed E-state index contributed by atoms with van der Waals surface area (Å²) in [5, 5.41) is 6.52. The molecule has 2 N–H and O–H groups in total. The van der Waals surface area contributed by atoms with Crippen molar-refractivity contribution in [2.24, 2.45) is 4.99 Å². The van der Waals surface area contributed by atoms with Crippen molar-refractivity contribution in [1.82, 2.24) is 10.6 Å². The maximum Gasteiger partial charge on any atom is 0.191 e. The molecule has 0 aliphatic rings. The third-order valence-corrected chi connectivity index (χ3v) is 4.01. The monoisotopic (exact) mass is 341 g/mol. The van der Waals surface area contributed by atoms with Gasteiger partial charge in [0.2, 0.25) is 0 Å².